The second-order valence-corrected chi connectivity index (χ2v) is 28.5. The Bertz CT molecular complexity index is 2410. The number of rotatable bonds is 72. The summed E-state index contributed by atoms with van der Waals surface area (Å²) in [5.41, 5.74) is 0. The largest absolute Gasteiger partial charge is 0.490 e. The highest BCUT2D eigenvalue weighted by atomic mass is 16.5. The zero-order valence-electron chi connectivity index (χ0n) is 62.5. The maximum atomic E-state index is 11.0. The Morgan fingerprint density at radius 1 is 0.167 bits per heavy atom. The molecule has 4 aromatic carbocycles. The van der Waals surface area contributed by atoms with Crippen LogP contribution in [0.25, 0.3) is 32.3 Å². The third-order valence-electron chi connectivity index (χ3n) is 19.4. The number of fused-ring (bicyclic) bond motifs is 6. The number of hydrogen-bond acceptors (Lipinski definition) is 12. The van der Waals surface area contributed by atoms with Crippen LogP contribution in [0.1, 0.15) is 347 Å². The van der Waals surface area contributed by atoms with E-state index >= 15 is 0 Å². The first-order valence-electron chi connectivity index (χ1n) is 40.4. The van der Waals surface area contributed by atoms with Crippen LogP contribution < -0.4 is 28.4 Å². The number of carboxylic acids is 6. The van der Waals surface area contributed by atoms with Crippen molar-refractivity contribution in [2.45, 2.75) is 347 Å². The third kappa shape index (κ3) is 42.1. The fourth-order valence-corrected chi connectivity index (χ4v) is 13.4. The summed E-state index contributed by atoms with van der Waals surface area (Å²) in [6.45, 7) is 3.01. The molecule has 18 heteroatoms. The van der Waals surface area contributed by atoms with Crippen LogP contribution in [0.2, 0.25) is 0 Å². The van der Waals surface area contributed by atoms with Gasteiger partial charge in [0.15, 0.2) is 34.5 Å². The molecule has 0 aliphatic carbocycles. The highest BCUT2D eigenvalue weighted by Gasteiger charge is 2.21. The van der Waals surface area contributed by atoms with Gasteiger partial charge in [-0.3, -0.25) is 28.8 Å². The van der Waals surface area contributed by atoms with Crippen molar-refractivity contribution in [2.24, 2.45) is 0 Å². The van der Waals surface area contributed by atoms with Gasteiger partial charge in [0.1, 0.15) is 0 Å². The van der Waals surface area contributed by atoms with Crippen LogP contribution in [-0.2, 0) is 28.8 Å². The second-order valence-electron chi connectivity index (χ2n) is 28.5. The van der Waals surface area contributed by atoms with Crippen molar-refractivity contribution in [1.29, 1.82) is 0 Å². The molecule has 4 aromatic rings. The summed E-state index contributed by atoms with van der Waals surface area (Å²) in [5.74, 6) is -0.423. The molecule has 0 aliphatic rings. The highest BCUT2D eigenvalue weighted by Crippen LogP contribution is 2.48. The Kier molecular flexibility index (Phi) is 49.6. The molecule has 18 nitrogen and oxygen atoms in total. The van der Waals surface area contributed by atoms with Crippen molar-refractivity contribution >= 4 is 68.1 Å². The minimum Gasteiger partial charge on any atom is -0.490 e. The normalized spacial score (nSPS) is 11.4. The number of ether oxygens (including phenoxy) is 6. The fourth-order valence-electron chi connectivity index (χ4n) is 13.4. The molecule has 0 saturated carbocycles. The lowest BCUT2D eigenvalue weighted by Crippen LogP contribution is -2.05. The molecular formula is C84H132O18. The molecule has 0 fully saturated rings. The minimum absolute atomic E-state index is 0.220. The van der Waals surface area contributed by atoms with Gasteiger partial charge in [0.25, 0.3) is 0 Å². The fraction of sp³-hybridized carbons (Fsp3) is 0.714. The van der Waals surface area contributed by atoms with Crippen molar-refractivity contribution in [1.82, 2.24) is 0 Å². The Labute approximate surface area is 610 Å². The molecule has 0 amide bonds. The minimum atomic E-state index is -0.740. The van der Waals surface area contributed by atoms with E-state index in [1.807, 2.05) is 0 Å². The standard InChI is InChI=1S/C84H132O18/c85-79(86)49-37-25-13-1-7-19-31-43-55-97-73-61-67-68(62-74(73)98-56-44-32-20-8-2-14-26-38-50-80(87)88)70-64-76(100-58-46-34-22-10-4-16-28-40-52-82(91)92)78(102-60-48-36-24-12-6-18-30-42-54-84(95)96)66-72(70)71-65-77(101-59-47-35-23-11-5-17-29-41-53-83(93)94)75(63-69(67)71)99-57-45-33-21-9-3-15-27-39-51-81(89)90/h61-66H,1-60H2,(H,85,86)(H,87,88)(H,89,90)(H,91,92)(H,93,94)(H,95,96). The molecule has 0 heterocycles. The molecule has 4 rings (SSSR count). The van der Waals surface area contributed by atoms with Crippen LogP contribution in [-0.4, -0.2) is 106 Å². The van der Waals surface area contributed by atoms with Crippen molar-refractivity contribution in [2.75, 3.05) is 39.6 Å². The predicted octanol–water partition coefficient (Wildman–Crippen LogP) is 23.0. The van der Waals surface area contributed by atoms with E-state index in [1.165, 1.54) is 0 Å². The summed E-state index contributed by atoms with van der Waals surface area (Å²) < 4.78 is 41.1. The number of unbranched alkanes of at least 4 members (excludes halogenated alkanes) is 42. The smallest absolute Gasteiger partial charge is 0.303 e. The molecule has 576 valence electrons. The number of benzene rings is 4. The first-order valence-corrected chi connectivity index (χ1v) is 40.4. The predicted molar refractivity (Wildman–Crippen MR) is 407 cm³/mol. The Balaban J connectivity index is 1.78. The molecule has 102 heavy (non-hydrogen) atoms. The first kappa shape index (κ1) is 87.7. The zero-order valence-corrected chi connectivity index (χ0v) is 62.5. The molecule has 0 atom stereocenters. The molecule has 0 spiro atoms. The van der Waals surface area contributed by atoms with Crippen molar-refractivity contribution in [3.05, 3.63) is 36.4 Å². The molecule has 0 unspecified atom stereocenters. The summed E-state index contributed by atoms with van der Waals surface area (Å²) in [5, 5.41) is 60.3. The highest BCUT2D eigenvalue weighted by molar-refractivity contribution is 6.27. The molecule has 0 aliphatic heterocycles. The topological polar surface area (TPSA) is 279 Å². The summed E-state index contributed by atoms with van der Waals surface area (Å²) in [6.07, 6.45) is 47.9. The van der Waals surface area contributed by atoms with Gasteiger partial charge in [0.05, 0.1) is 39.6 Å². The maximum Gasteiger partial charge on any atom is 0.303 e. The quantitative estimate of drug-likeness (QED) is 0.0177. The van der Waals surface area contributed by atoms with Crippen molar-refractivity contribution < 1.29 is 87.8 Å². The SMILES string of the molecule is O=C(O)CCCCCCCCCCOc1cc2c3cc(OCCCCCCCCCCC(=O)O)c(OCCCCCCCCCCC(=O)O)cc3c3cc(OCCCCCCCCCCC(=O)O)c(OCCCCCCCCCCC(=O)O)cc3c2cc1OCCCCCCCCCCC(=O)O. The summed E-state index contributed by atoms with van der Waals surface area (Å²) >= 11 is 0. The number of carbonyl (C=O) groups is 6. The lowest BCUT2D eigenvalue weighted by Gasteiger charge is -2.21. The average molecular weight is 1430 g/mol. The van der Waals surface area contributed by atoms with Crippen molar-refractivity contribution in [3.63, 3.8) is 0 Å². The Morgan fingerprint density at radius 3 is 0.373 bits per heavy atom. The van der Waals surface area contributed by atoms with Crippen LogP contribution in [0.3, 0.4) is 0 Å². The van der Waals surface area contributed by atoms with Gasteiger partial charge in [-0.2, -0.15) is 0 Å². The second kappa shape index (κ2) is 57.7. The van der Waals surface area contributed by atoms with Crippen molar-refractivity contribution in [3.8, 4) is 34.5 Å². The third-order valence-corrected chi connectivity index (χ3v) is 19.4. The Morgan fingerprint density at radius 2 is 0.265 bits per heavy atom. The van der Waals surface area contributed by atoms with Gasteiger partial charge >= 0.3 is 35.8 Å². The summed E-state index contributed by atoms with van der Waals surface area (Å²) in [6, 6.07) is 12.9. The first-order chi connectivity index (χ1) is 49.7. The molecule has 6 N–H and O–H groups in total. The van der Waals surface area contributed by atoms with E-state index in [2.05, 4.69) is 36.4 Å². The summed E-state index contributed by atoms with van der Waals surface area (Å²) in [4.78, 5) is 66.2. The van der Waals surface area contributed by atoms with Gasteiger partial charge in [-0.25, -0.2) is 0 Å². The van der Waals surface area contributed by atoms with E-state index in [1.54, 1.807) is 0 Å². The van der Waals surface area contributed by atoms with E-state index in [4.69, 9.17) is 59.1 Å². The van der Waals surface area contributed by atoms with Crippen LogP contribution in [0.15, 0.2) is 36.4 Å². The van der Waals surface area contributed by atoms with Crippen LogP contribution >= 0.6 is 0 Å². The average Bonchev–Trinajstić information content (AvgIpc) is 0.728. The number of aliphatic carboxylic acids is 6. The molecule has 0 bridgehead atoms. The zero-order chi connectivity index (χ0) is 73.3. The van der Waals surface area contributed by atoms with Gasteiger partial charge in [-0.05, 0) is 146 Å². The van der Waals surface area contributed by atoms with E-state index in [0.29, 0.717) is 113 Å². The lowest BCUT2D eigenvalue weighted by atomic mass is 9.93. The lowest BCUT2D eigenvalue weighted by molar-refractivity contribution is -0.138. The summed E-state index contributed by atoms with van der Waals surface area (Å²) in [7, 11) is 0. The van der Waals surface area contributed by atoms with Crippen LogP contribution in [0, 0.1) is 0 Å². The van der Waals surface area contributed by atoms with Gasteiger partial charge in [-0.15, -0.1) is 0 Å². The van der Waals surface area contributed by atoms with Gasteiger partial charge in [0.2, 0.25) is 0 Å². The van der Waals surface area contributed by atoms with E-state index in [-0.39, 0.29) is 38.5 Å². The monoisotopic (exact) mass is 1430 g/mol. The molecule has 0 aromatic heterocycles. The number of carboxylic acid groups (broad SMARTS) is 6. The molecular weight excluding hydrogens is 1300 g/mol. The Hall–Kier alpha value is -6.72. The number of hydrogen-bond donors (Lipinski definition) is 6. The van der Waals surface area contributed by atoms with E-state index in [0.717, 1.165) is 302 Å². The van der Waals surface area contributed by atoms with Crippen LogP contribution in [0.5, 0.6) is 34.5 Å². The van der Waals surface area contributed by atoms with Crippen LogP contribution in [0.4, 0.5) is 0 Å². The van der Waals surface area contributed by atoms with Gasteiger partial charge in [-0.1, -0.05) is 231 Å². The maximum absolute atomic E-state index is 11.0. The van der Waals surface area contributed by atoms with E-state index < -0.39 is 35.8 Å². The van der Waals surface area contributed by atoms with Gasteiger partial charge in [0, 0.05) is 38.5 Å². The molecule has 0 radical (unpaired) electrons. The van der Waals surface area contributed by atoms with Gasteiger partial charge < -0.3 is 59.1 Å². The van der Waals surface area contributed by atoms with E-state index in [9.17, 15) is 28.8 Å². The molecule has 0 saturated heterocycles.